The van der Waals surface area contributed by atoms with Gasteiger partial charge in [-0.1, -0.05) is 11.6 Å². The molecule has 1 aliphatic carbocycles. The van der Waals surface area contributed by atoms with E-state index in [0.29, 0.717) is 5.56 Å². The third-order valence-electron chi connectivity index (χ3n) is 2.54. The summed E-state index contributed by atoms with van der Waals surface area (Å²) in [5, 5.41) is -0.0123. The van der Waals surface area contributed by atoms with Crippen molar-refractivity contribution in [3.8, 4) is 0 Å². The minimum absolute atomic E-state index is 0.0123. The summed E-state index contributed by atoms with van der Waals surface area (Å²) < 4.78 is 49.3. The lowest BCUT2D eigenvalue weighted by Gasteiger charge is -2.03. The zero-order valence-electron chi connectivity index (χ0n) is 8.51. The first-order valence-electron chi connectivity index (χ1n) is 4.94. The first-order chi connectivity index (χ1) is 7.88. The molecule has 1 aliphatic rings. The van der Waals surface area contributed by atoms with Gasteiger partial charge in [-0.15, -0.1) is 0 Å². The van der Waals surface area contributed by atoms with Gasteiger partial charge >= 0.3 is 6.18 Å². The molecule has 17 heavy (non-hydrogen) atoms. The Hall–Kier alpha value is -1.10. The highest BCUT2D eigenvalue weighted by molar-refractivity contribution is 6.69. The van der Waals surface area contributed by atoms with E-state index in [9.17, 15) is 17.6 Å². The summed E-state index contributed by atoms with van der Waals surface area (Å²) in [5.41, 5.74) is 0.417. The predicted octanol–water partition coefficient (Wildman–Crippen LogP) is 3.76. The van der Waals surface area contributed by atoms with Crippen LogP contribution in [0.15, 0.2) is 29.3 Å². The first-order valence-corrected chi connectivity index (χ1v) is 5.31. The third kappa shape index (κ3) is 2.97. The maximum atomic E-state index is 12.6. The normalized spacial score (nSPS) is 24.9. The summed E-state index contributed by atoms with van der Waals surface area (Å²) in [6, 6.07) is 4.33. The van der Waals surface area contributed by atoms with Crippen LogP contribution in [0.1, 0.15) is 12.0 Å². The van der Waals surface area contributed by atoms with Gasteiger partial charge in [-0.05, 0) is 30.7 Å². The maximum absolute atomic E-state index is 12.6. The Balaban J connectivity index is 2.07. The van der Waals surface area contributed by atoms with Gasteiger partial charge in [0.1, 0.15) is 11.0 Å². The highest BCUT2D eigenvalue weighted by atomic mass is 35.5. The topological polar surface area (TPSA) is 12.4 Å². The largest absolute Gasteiger partial charge is 0.393 e. The Morgan fingerprint density at radius 2 is 1.82 bits per heavy atom. The molecule has 0 bridgehead atoms. The van der Waals surface area contributed by atoms with Crippen molar-refractivity contribution in [1.29, 1.82) is 0 Å². The average Bonchev–Trinajstić information content (AvgIpc) is 2.97. The number of alkyl halides is 3. The van der Waals surface area contributed by atoms with E-state index in [1.165, 1.54) is 24.3 Å². The van der Waals surface area contributed by atoms with Gasteiger partial charge in [0.05, 0.1) is 12.0 Å². The average molecular weight is 266 g/mol. The van der Waals surface area contributed by atoms with Crippen LogP contribution in [0.4, 0.5) is 17.6 Å². The smallest absolute Gasteiger partial charge is 0.269 e. The molecule has 0 heterocycles. The lowest BCUT2D eigenvalue weighted by molar-refractivity contribution is -0.148. The number of hydrogen-bond acceptors (Lipinski definition) is 1. The van der Waals surface area contributed by atoms with Crippen molar-refractivity contribution >= 4 is 16.8 Å². The summed E-state index contributed by atoms with van der Waals surface area (Å²) in [4.78, 5) is 3.78. The summed E-state index contributed by atoms with van der Waals surface area (Å²) in [7, 11) is 0. The second-order valence-electron chi connectivity index (χ2n) is 3.88. The standard InChI is InChI=1S/C11H8ClF4N/c12-10(6-1-3-7(13)4-2-6)17-9-5-8(9)11(14,15)16/h1-4,8-9H,5H2. The molecular formula is C11H8ClF4N. The van der Waals surface area contributed by atoms with Gasteiger partial charge in [-0.2, -0.15) is 13.2 Å². The minimum Gasteiger partial charge on any atom is -0.269 e. The molecule has 6 heteroatoms. The monoisotopic (exact) mass is 265 g/mol. The molecule has 0 N–H and O–H groups in total. The Morgan fingerprint density at radius 3 is 2.29 bits per heavy atom. The Kier molecular flexibility index (Phi) is 3.12. The summed E-state index contributed by atoms with van der Waals surface area (Å²) >= 11 is 5.77. The highest BCUT2D eigenvalue weighted by Gasteiger charge is 2.56. The van der Waals surface area contributed by atoms with E-state index >= 15 is 0 Å². The van der Waals surface area contributed by atoms with Gasteiger partial charge in [0.25, 0.3) is 0 Å². The molecule has 0 radical (unpaired) electrons. The van der Waals surface area contributed by atoms with Crippen molar-refractivity contribution < 1.29 is 17.6 Å². The minimum atomic E-state index is -4.21. The SMILES string of the molecule is Fc1ccc(C(Cl)=NC2CC2C(F)(F)F)cc1. The number of halogens is 5. The van der Waals surface area contributed by atoms with Crippen LogP contribution < -0.4 is 0 Å². The molecule has 92 valence electrons. The fraction of sp³-hybridized carbons (Fsp3) is 0.364. The van der Waals surface area contributed by atoms with Crippen molar-refractivity contribution in [2.24, 2.45) is 10.9 Å². The number of aliphatic imine (C=N–C) groups is 1. The van der Waals surface area contributed by atoms with E-state index < -0.39 is 24.0 Å². The van der Waals surface area contributed by atoms with Gasteiger partial charge in [0.2, 0.25) is 0 Å². The zero-order valence-corrected chi connectivity index (χ0v) is 9.26. The summed E-state index contributed by atoms with van der Waals surface area (Å²) in [6.45, 7) is 0. The number of hydrogen-bond donors (Lipinski definition) is 0. The molecule has 0 amide bonds. The molecule has 1 aromatic carbocycles. The van der Waals surface area contributed by atoms with Crippen LogP contribution >= 0.6 is 11.6 Å². The second-order valence-corrected chi connectivity index (χ2v) is 4.24. The molecule has 1 fully saturated rings. The quantitative estimate of drug-likeness (QED) is 0.570. The molecule has 0 aliphatic heterocycles. The van der Waals surface area contributed by atoms with Crippen molar-refractivity contribution in [1.82, 2.24) is 0 Å². The fourth-order valence-corrected chi connectivity index (χ4v) is 1.73. The van der Waals surface area contributed by atoms with Crippen molar-refractivity contribution in [2.45, 2.75) is 18.6 Å². The van der Waals surface area contributed by atoms with Gasteiger partial charge in [-0.25, -0.2) is 4.39 Å². The maximum Gasteiger partial charge on any atom is 0.393 e. The first kappa shape index (κ1) is 12.4. The van der Waals surface area contributed by atoms with Crippen LogP contribution in [-0.4, -0.2) is 17.4 Å². The number of rotatable bonds is 2. The number of benzene rings is 1. The van der Waals surface area contributed by atoms with Crippen LogP contribution in [0.3, 0.4) is 0 Å². The van der Waals surface area contributed by atoms with E-state index in [1.807, 2.05) is 0 Å². The Bertz CT molecular complexity index is 438. The Labute approximate surface area is 100 Å². The van der Waals surface area contributed by atoms with E-state index in [2.05, 4.69) is 4.99 Å². The summed E-state index contributed by atoms with van der Waals surface area (Å²) in [5.74, 6) is -1.82. The van der Waals surface area contributed by atoms with Gasteiger partial charge < -0.3 is 0 Å². The summed E-state index contributed by atoms with van der Waals surface area (Å²) in [6.07, 6.45) is -4.24. The lowest BCUT2D eigenvalue weighted by atomic mass is 10.2. The van der Waals surface area contributed by atoms with Crippen molar-refractivity contribution in [2.75, 3.05) is 0 Å². The van der Waals surface area contributed by atoms with Crippen LogP contribution in [-0.2, 0) is 0 Å². The molecule has 0 saturated heterocycles. The molecular weight excluding hydrogens is 258 g/mol. The number of nitrogens with zero attached hydrogens (tertiary/aromatic N) is 1. The van der Waals surface area contributed by atoms with Gasteiger partial charge in [0, 0.05) is 5.56 Å². The zero-order chi connectivity index (χ0) is 12.6. The second kappa shape index (κ2) is 4.29. The van der Waals surface area contributed by atoms with Crippen LogP contribution in [0.5, 0.6) is 0 Å². The molecule has 2 unspecified atom stereocenters. The molecule has 1 nitrogen and oxygen atoms in total. The van der Waals surface area contributed by atoms with E-state index in [-0.39, 0.29) is 11.6 Å². The van der Waals surface area contributed by atoms with Crippen LogP contribution in [0.2, 0.25) is 0 Å². The van der Waals surface area contributed by atoms with E-state index in [4.69, 9.17) is 11.6 Å². The fourth-order valence-electron chi connectivity index (χ4n) is 1.48. The van der Waals surface area contributed by atoms with Crippen LogP contribution in [0, 0.1) is 11.7 Å². The van der Waals surface area contributed by atoms with Crippen molar-refractivity contribution in [3.63, 3.8) is 0 Å². The highest BCUT2D eigenvalue weighted by Crippen LogP contribution is 2.47. The Morgan fingerprint density at radius 1 is 1.24 bits per heavy atom. The van der Waals surface area contributed by atoms with Gasteiger partial charge in [0.15, 0.2) is 0 Å². The molecule has 1 saturated carbocycles. The van der Waals surface area contributed by atoms with Crippen molar-refractivity contribution in [3.05, 3.63) is 35.6 Å². The molecule has 1 aromatic rings. The van der Waals surface area contributed by atoms with E-state index in [0.717, 1.165) is 0 Å². The third-order valence-corrected chi connectivity index (χ3v) is 2.85. The molecule has 2 atom stereocenters. The molecule has 0 aromatic heterocycles. The van der Waals surface area contributed by atoms with E-state index in [1.54, 1.807) is 0 Å². The molecule has 2 rings (SSSR count). The lowest BCUT2D eigenvalue weighted by Crippen LogP contribution is -2.13. The molecule has 0 spiro atoms. The van der Waals surface area contributed by atoms with Crippen LogP contribution in [0.25, 0.3) is 0 Å². The van der Waals surface area contributed by atoms with Gasteiger partial charge in [-0.3, -0.25) is 4.99 Å². The predicted molar refractivity (Wildman–Crippen MR) is 56.7 cm³/mol.